The smallest absolute Gasteiger partial charge is 0.341 e. The van der Waals surface area contributed by atoms with Crippen LogP contribution in [0.15, 0.2) is 0 Å². The molecule has 4 nitrogen and oxygen atoms in total. The zero-order valence-electron chi connectivity index (χ0n) is 10.7. The van der Waals surface area contributed by atoms with Gasteiger partial charge in [-0.15, -0.1) is 11.3 Å². The number of thiophene rings is 1. The van der Waals surface area contributed by atoms with E-state index in [1.54, 1.807) is 13.8 Å². The van der Waals surface area contributed by atoms with Gasteiger partial charge in [-0.2, -0.15) is 0 Å². The Bertz CT molecular complexity index is 479. The quantitative estimate of drug-likeness (QED) is 0.853. The molecule has 0 bridgehead atoms. The van der Waals surface area contributed by atoms with Gasteiger partial charge in [0, 0.05) is 11.3 Å². The summed E-state index contributed by atoms with van der Waals surface area (Å²) in [5.74, 6) is -0.385. The number of nitrogens with one attached hydrogen (secondary N) is 1. The molecular formula is C13H17NO3S. The summed E-state index contributed by atoms with van der Waals surface area (Å²) in [7, 11) is 0. The third-order valence-electron chi connectivity index (χ3n) is 2.97. The number of amides is 1. The number of carbonyl (C=O) groups excluding carboxylic acids is 2. The number of aryl methyl sites for hydroxylation is 1. The largest absolute Gasteiger partial charge is 0.462 e. The van der Waals surface area contributed by atoms with Crippen molar-refractivity contribution in [2.45, 2.75) is 39.5 Å². The normalized spacial score (nSPS) is 13.2. The van der Waals surface area contributed by atoms with Crippen LogP contribution in [0.1, 0.15) is 47.5 Å². The van der Waals surface area contributed by atoms with E-state index < -0.39 is 0 Å². The molecule has 1 aromatic rings. The summed E-state index contributed by atoms with van der Waals surface area (Å²) in [6.07, 6.45) is 3.39. The standard InChI is InChI=1S/C13H17NO3S/c1-3-10(15)14-12-11(13(16)17-4-2)8-6-5-7-9(8)18-12/h3-7H2,1-2H3,(H,14,15). The Morgan fingerprint density at radius 1 is 1.33 bits per heavy atom. The van der Waals surface area contributed by atoms with Crippen molar-refractivity contribution in [2.24, 2.45) is 0 Å². The third kappa shape index (κ3) is 2.41. The van der Waals surface area contributed by atoms with Crippen LogP contribution >= 0.6 is 11.3 Å². The van der Waals surface area contributed by atoms with Crippen LogP contribution in [-0.4, -0.2) is 18.5 Å². The fourth-order valence-corrected chi connectivity index (χ4v) is 3.42. The lowest BCUT2D eigenvalue weighted by molar-refractivity contribution is -0.115. The van der Waals surface area contributed by atoms with Gasteiger partial charge in [-0.25, -0.2) is 4.79 Å². The molecule has 5 heteroatoms. The average molecular weight is 267 g/mol. The number of ether oxygens (including phenoxy) is 1. The first-order valence-electron chi connectivity index (χ1n) is 6.28. The van der Waals surface area contributed by atoms with E-state index in [0.717, 1.165) is 24.8 Å². The molecule has 0 saturated heterocycles. The molecule has 1 heterocycles. The fraction of sp³-hybridized carbons (Fsp3) is 0.538. The van der Waals surface area contributed by atoms with Crippen molar-refractivity contribution < 1.29 is 14.3 Å². The van der Waals surface area contributed by atoms with Crippen LogP contribution in [-0.2, 0) is 22.4 Å². The molecular weight excluding hydrogens is 250 g/mol. The number of carbonyl (C=O) groups is 2. The Morgan fingerprint density at radius 2 is 2.11 bits per heavy atom. The molecule has 1 N–H and O–H groups in total. The van der Waals surface area contributed by atoms with E-state index >= 15 is 0 Å². The molecule has 18 heavy (non-hydrogen) atoms. The van der Waals surface area contributed by atoms with Gasteiger partial charge in [0.25, 0.3) is 0 Å². The van der Waals surface area contributed by atoms with Crippen molar-refractivity contribution >= 4 is 28.2 Å². The fourth-order valence-electron chi connectivity index (χ4n) is 2.13. The Hall–Kier alpha value is -1.36. The Morgan fingerprint density at radius 3 is 2.78 bits per heavy atom. The number of hydrogen-bond donors (Lipinski definition) is 1. The van der Waals surface area contributed by atoms with E-state index in [-0.39, 0.29) is 11.9 Å². The lowest BCUT2D eigenvalue weighted by atomic mass is 10.1. The molecule has 0 aromatic carbocycles. The highest BCUT2D eigenvalue weighted by Gasteiger charge is 2.27. The number of esters is 1. The second-order valence-electron chi connectivity index (χ2n) is 4.18. The number of fused-ring (bicyclic) bond motifs is 1. The van der Waals surface area contributed by atoms with E-state index in [0.29, 0.717) is 23.6 Å². The van der Waals surface area contributed by atoms with Gasteiger partial charge in [0.1, 0.15) is 5.00 Å². The Kier molecular flexibility index (Phi) is 4.01. The highest BCUT2D eigenvalue weighted by molar-refractivity contribution is 7.17. The zero-order chi connectivity index (χ0) is 13.1. The van der Waals surface area contributed by atoms with Crippen LogP contribution < -0.4 is 5.32 Å². The first kappa shape index (κ1) is 13.1. The van der Waals surface area contributed by atoms with Gasteiger partial charge in [-0.1, -0.05) is 6.92 Å². The summed E-state index contributed by atoms with van der Waals surface area (Å²) >= 11 is 1.51. The van der Waals surface area contributed by atoms with Gasteiger partial charge < -0.3 is 10.1 Å². The van der Waals surface area contributed by atoms with Crippen molar-refractivity contribution in [1.29, 1.82) is 0 Å². The molecule has 0 saturated carbocycles. The second-order valence-corrected chi connectivity index (χ2v) is 5.29. The van der Waals surface area contributed by atoms with E-state index in [2.05, 4.69) is 5.32 Å². The minimum atomic E-state index is -0.316. The first-order chi connectivity index (χ1) is 8.67. The molecule has 0 fully saturated rings. The molecule has 0 atom stereocenters. The molecule has 0 unspecified atom stereocenters. The third-order valence-corrected chi connectivity index (χ3v) is 4.18. The van der Waals surface area contributed by atoms with Gasteiger partial charge in [0.15, 0.2) is 0 Å². The van der Waals surface area contributed by atoms with Gasteiger partial charge in [-0.3, -0.25) is 4.79 Å². The minimum Gasteiger partial charge on any atom is -0.462 e. The molecule has 1 aliphatic carbocycles. The minimum absolute atomic E-state index is 0.0690. The predicted octanol–water partition coefficient (Wildman–Crippen LogP) is 2.76. The SMILES string of the molecule is CCOC(=O)c1c(NC(=O)CC)sc2c1CCC2. The van der Waals surface area contributed by atoms with Crippen LogP contribution in [0.2, 0.25) is 0 Å². The monoisotopic (exact) mass is 267 g/mol. The lowest BCUT2D eigenvalue weighted by Gasteiger charge is -2.06. The number of hydrogen-bond acceptors (Lipinski definition) is 4. The van der Waals surface area contributed by atoms with E-state index in [4.69, 9.17) is 4.74 Å². The van der Waals surface area contributed by atoms with Crippen molar-refractivity contribution in [3.63, 3.8) is 0 Å². The van der Waals surface area contributed by atoms with Crippen LogP contribution in [0.5, 0.6) is 0 Å². The van der Waals surface area contributed by atoms with Crippen molar-refractivity contribution in [3.05, 3.63) is 16.0 Å². The van der Waals surface area contributed by atoms with Crippen LogP contribution in [0.4, 0.5) is 5.00 Å². The average Bonchev–Trinajstić information content (AvgIpc) is 2.88. The summed E-state index contributed by atoms with van der Waals surface area (Å²) in [5, 5.41) is 3.47. The van der Waals surface area contributed by atoms with Gasteiger partial charge in [0.2, 0.25) is 5.91 Å². The van der Waals surface area contributed by atoms with E-state index in [1.807, 2.05) is 0 Å². The molecule has 0 radical (unpaired) electrons. The van der Waals surface area contributed by atoms with Gasteiger partial charge >= 0.3 is 5.97 Å². The molecule has 1 aliphatic rings. The summed E-state index contributed by atoms with van der Waals surface area (Å²) < 4.78 is 5.08. The summed E-state index contributed by atoms with van der Waals surface area (Å²) in [5.41, 5.74) is 1.65. The molecule has 1 aromatic heterocycles. The van der Waals surface area contributed by atoms with Crippen molar-refractivity contribution in [2.75, 3.05) is 11.9 Å². The van der Waals surface area contributed by atoms with Gasteiger partial charge in [0.05, 0.1) is 12.2 Å². The predicted molar refractivity (Wildman–Crippen MR) is 71.2 cm³/mol. The van der Waals surface area contributed by atoms with Crippen LogP contribution in [0, 0.1) is 0 Å². The molecule has 98 valence electrons. The number of rotatable bonds is 4. The van der Waals surface area contributed by atoms with E-state index in [1.165, 1.54) is 16.2 Å². The maximum Gasteiger partial charge on any atom is 0.341 e. The topological polar surface area (TPSA) is 55.4 Å². The van der Waals surface area contributed by atoms with E-state index in [9.17, 15) is 9.59 Å². The molecule has 0 spiro atoms. The molecule has 1 amide bonds. The maximum absolute atomic E-state index is 12.0. The number of anilines is 1. The summed E-state index contributed by atoms with van der Waals surface area (Å²) in [6, 6.07) is 0. The molecule has 0 aliphatic heterocycles. The highest BCUT2D eigenvalue weighted by atomic mass is 32.1. The molecule has 2 rings (SSSR count). The summed E-state index contributed by atoms with van der Waals surface area (Å²) in [4.78, 5) is 24.7. The second kappa shape index (κ2) is 5.52. The maximum atomic E-state index is 12.0. The van der Waals surface area contributed by atoms with Crippen LogP contribution in [0.25, 0.3) is 0 Å². The first-order valence-corrected chi connectivity index (χ1v) is 7.10. The lowest BCUT2D eigenvalue weighted by Crippen LogP contribution is -2.13. The van der Waals surface area contributed by atoms with Crippen molar-refractivity contribution in [3.8, 4) is 0 Å². The Balaban J connectivity index is 2.34. The highest BCUT2D eigenvalue weighted by Crippen LogP contribution is 2.39. The van der Waals surface area contributed by atoms with Crippen molar-refractivity contribution in [1.82, 2.24) is 0 Å². The van der Waals surface area contributed by atoms with Crippen LogP contribution in [0.3, 0.4) is 0 Å². The zero-order valence-corrected chi connectivity index (χ0v) is 11.5. The summed E-state index contributed by atoms with van der Waals surface area (Å²) in [6.45, 7) is 3.93. The Labute approximate surface area is 110 Å². The van der Waals surface area contributed by atoms with Gasteiger partial charge in [-0.05, 0) is 31.7 Å².